The van der Waals surface area contributed by atoms with E-state index in [-0.39, 0.29) is 11.5 Å². The number of halogens is 1. The van der Waals surface area contributed by atoms with Gasteiger partial charge in [0.1, 0.15) is 5.52 Å². The van der Waals surface area contributed by atoms with E-state index in [4.69, 9.17) is 11.0 Å². The molecular weight excluding hydrogens is 243 g/mol. The van der Waals surface area contributed by atoms with Crippen molar-refractivity contribution in [2.45, 2.75) is 0 Å². The van der Waals surface area contributed by atoms with Gasteiger partial charge in [-0.15, -0.1) is 0 Å². The monoisotopic (exact) mass is 252 g/mol. The second-order valence-corrected chi connectivity index (χ2v) is 4.08. The van der Waals surface area contributed by atoms with Crippen molar-refractivity contribution in [3.63, 3.8) is 0 Å². The van der Waals surface area contributed by atoms with Crippen molar-refractivity contribution in [1.29, 1.82) is 5.26 Å². The number of para-hydroxylation sites is 1. The Bertz CT molecular complexity index is 814. The third-order valence-corrected chi connectivity index (χ3v) is 2.90. The van der Waals surface area contributed by atoms with Crippen molar-refractivity contribution in [2.75, 3.05) is 5.73 Å². The number of nitrogens with zero attached hydrogens (tertiary/aromatic N) is 3. The van der Waals surface area contributed by atoms with E-state index >= 15 is 0 Å². The van der Waals surface area contributed by atoms with E-state index in [2.05, 4.69) is 11.1 Å². The average molecular weight is 252 g/mol. The molecular formula is C14H9FN4. The Morgan fingerprint density at radius 2 is 2.00 bits per heavy atom. The molecule has 2 aromatic carbocycles. The molecule has 0 aliphatic heterocycles. The van der Waals surface area contributed by atoms with Crippen LogP contribution in [-0.2, 0) is 0 Å². The normalized spacial score (nSPS) is 10.5. The van der Waals surface area contributed by atoms with Crippen LogP contribution in [0.15, 0.2) is 42.5 Å². The Balaban J connectivity index is 2.33. The molecule has 0 bridgehead atoms. The Hall–Kier alpha value is -2.87. The van der Waals surface area contributed by atoms with Gasteiger partial charge >= 0.3 is 0 Å². The third kappa shape index (κ3) is 1.70. The number of aromatic nitrogens is 2. The molecule has 1 aromatic heterocycles. The second-order valence-electron chi connectivity index (χ2n) is 4.08. The average Bonchev–Trinajstić information content (AvgIpc) is 2.77. The van der Waals surface area contributed by atoms with Crippen LogP contribution in [0.2, 0.25) is 0 Å². The van der Waals surface area contributed by atoms with Crippen molar-refractivity contribution in [3.05, 3.63) is 53.8 Å². The Labute approximate surface area is 108 Å². The largest absolute Gasteiger partial charge is 0.369 e. The number of benzene rings is 2. The van der Waals surface area contributed by atoms with Crippen LogP contribution in [0.1, 0.15) is 5.56 Å². The number of rotatable bonds is 1. The molecule has 92 valence electrons. The van der Waals surface area contributed by atoms with E-state index in [1.165, 1.54) is 6.07 Å². The van der Waals surface area contributed by atoms with E-state index in [1.54, 1.807) is 41.0 Å². The molecule has 3 aromatic rings. The Morgan fingerprint density at radius 3 is 2.79 bits per heavy atom. The summed E-state index contributed by atoms with van der Waals surface area (Å²) < 4.78 is 15.3. The molecule has 2 N–H and O–H groups in total. The molecule has 4 nitrogen and oxygen atoms in total. The molecule has 3 rings (SSSR count). The van der Waals surface area contributed by atoms with Crippen molar-refractivity contribution < 1.29 is 4.39 Å². The summed E-state index contributed by atoms with van der Waals surface area (Å²) in [6, 6.07) is 13.7. The Kier molecular flexibility index (Phi) is 2.43. The lowest BCUT2D eigenvalue weighted by Crippen LogP contribution is -2.00. The van der Waals surface area contributed by atoms with Crippen LogP contribution in [0.3, 0.4) is 0 Å². The first kappa shape index (κ1) is 11.2. The summed E-state index contributed by atoms with van der Waals surface area (Å²) in [5.74, 6) is -0.227. The van der Waals surface area contributed by atoms with Crippen molar-refractivity contribution >= 4 is 17.0 Å². The van der Waals surface area contributed by atoms with E-state index in [0.29, 0.717) is 16.8 Å². The molecule has 0 fully saturated rings. The van der Waals surface area contributed by atoms with E-state index in [0.717, 1.165) is 0 Å². The van der Waals surface area contributed by atoms with Crippen molar-refractivity contribution in [1.82, 2.24) is 9.55 Å². The summed E-state index contributed by atoms with van der Waals surface area (Å²) in [5, 5.41) is 8.92. The van der Waals surface area contributed by atoms with E-state index < -0.39 is 5.82 Å². The quantitative estimate of drug-likeness (QED) is 0.723. The maximum atomic E-state index is 13.7. The van der Waals surface area contributed by atoms with Crippen LogP contribution >= 0.6 is 0 Å². The number of fused-ring (bicyclic) bond motifs is 1. The molecule has 0 saturated carbocycles. The molecule has 0 amide bonds. The zero-order valence-corrected chi connectivity index (χ0v) is 9.84. The minimum atomic E-state index is -0.417. The zero-order chi connectivity index (χ0) is 13.4. The fraction of sp³-hybridized carbons (Fsp3) is 0. The fourth-order valence-electron chi connectivity index (χ4n) is 2.07. The highest BCUT2D eigenvalue weighted by molar-refractivity contribution is 5.81. The van der Waals surface area contributed by atoms with Gasteiger partial charge in [0, 0.05) is 0 Å². The molecule has 0 atom stereocenters. The molecule has 0 saturated heterocycles. The number of nitrogen functional groups attached to an aromatic ring is 1. The van der Waals surface area contributed by atoms with Gasteiger partial charge in [0.05, 0.1) is 22.8 Å². The van der Waals surface area contributed by atoms with E-state index in [1.807, 2.05) is 0 Å². The third-order valence-electron chi connectivity index (χ3n) is 2.90. The van der Waals surface area contributed by atoms with Gasteiger partial charge in [-0.25, -0.2) is 9.37 Å². The molecule has 0 aliphatic carbocycles. The Morgan fingerprint density at radius 1 is 1.21 bits per heavy atom. The van der Waals surface area contributed by atoms with Gasteiger partial charge in [0.2, 0.25) is 5.95 Å². The van der Waals surface area contributed by atoms with Gasteiger partial charge in [-0.1, -0.05) is 12.1 Å². The van der Waals surface area contributed by atoms with Crippen LogP contribution in [-0.4, -0.2) is 9.55 Å². The molecule has 0 spiro atoms. The van der Waals surface area contributed by atoms with Crippen LogP contribution in [0, 0.1) is 17.1 Å². The summed E-state index contributed by atoms with van der Waals surface area (Å²) in [7, 11) is 0. The molecule has 5 heteroatoms. The molecule has 0 aliphatic rings. The molecule has 19 heavy (non-hydrogen) atoms. The highest BCUT2D eigenvalue weighted by Gasteiger charge is 2.13. The maximum absolute atomic E-state index is 13.7. The highest BCUT2D eigenvalue weighted by Crippen LogP contribution is 2.25. The van der Waals surface area contributed by atoms with Gasteiger partial charge in [-0.2, -0.15) is 5.26 Å². The smallest absolute Gasteiger partial charge is 0.206 e. The predicted molar refractivity (Wildman–Crippen MR) is 70.2 cm³/mol. The zero-order valence-electron chi connectivity index (χ0n) is 9.84. The summed E-state index contributed by atoms with van der Waals surface area (Å²) in [6.07, 6.45) is 0. The van der Waals surface area contributed by atoms with Gasteiger partial charge < -0.3 is 5.73 Å². The fourth-order valence-corrected chi connectivity index (χ4v) is 2.07. The lowest BCUT2D eigenvalue weighted by Gasteiger charge is -2.06. The summed E-state index contributed by atoms with van der Waals surface area (Å²) >= 11 is 0. The van der Waals surface area contributed by atoms with Crippen molar-refractivity contribution in [3.8, 4) is 11.8 Å². The number of hydrogen-bond acceptors (Lipinski definition) is 3. The number of nitriles is 1. The molecule has 0 unspecified atom stereocenters. The predicted octanol–water partition coefficient (Wildman–Crippen LogP) is 2.62. The lowest BCUT2D eigenvalue weighted by atomic mass is 10.2. The second kappa shape index (κ2) is 4.10. The first-order valence-electron chi connectivity index (χ1n) is 5.63. The van der Waals surface area contributed by atoms with Gasteiger partial charge in [-0.05, 0) is 30.3 Å². The van der Waals surface area contributed by atoms with Crippen LogP contribution in [0.5, 0.6) is 0 Å². The number of imidazole rings is 1. The van der Waals surface area contributed by atoms with Gasteiger partial charge in [0.25, 0.3) is 0 Å². The summed E-state index contributed by atoms with van der Waals surface area (Å²) in [6.45, 7) is 0. The van der Waals surface area contributed by atoms with Gasteiger partial charge in [0.15, 0.2) is 5.82 Å². The lowest BCUT2D eigenvalue weighted by molar-refractivity contribution is 0.637. The SMILES string of the molecule is N#Cc1cccc(-n2c(N)nc3c(F)cccc32)c1. The minimum absolute atomic E-state index is 0.190. The maximum Gasteiger partial charge on any atom is 0.206 e. The van der Waals surface area contributed by atoms with E-state index in [9.17, 15) is 4.39 Å². The van der Waals surface area contributed by atoms with Crippen LogP contribution in [0.4, 0.5) is 10.3 Å². The minimum Gasteiger partial charge on any atom is -0.369 e. The highest BCUT2D eigenvalue weighted by atomic mass is 19.1. The van der Waals surface area contributed by atoms with Gasteiger partial charge in [-0.3, -0.25) is 4.57 Å². The van der Waals surface area contributed by atoms with Crippen LogP contribution in [0.25, 0.3) is 16.7 Å². The van der Waals surface area contributed by atoms with Crippen molar-refractivity contribution in [2.24, 2.45) is 0 Å². The van der Waals surface area contributed by atoms with Crippen LogP contribution < -0.4 is 5.73 Å². The standard InChI is InChI=1S/C14H9FN4/c15-11-5-2-6-12-13(11)18-14(17)19(12)10-4-1-3-9(7-10)8-16/h1-7H,(H2,17,18). The number of hydrogen-bond donors (Lipinski definition) is 1. The first-order chi connectivity index (χ1) is 9.20. The molecule has 1 heterocycles. The summed E-state index contributed by atoms with van der Waals surface area (Å²) in [4.78, 5) is 4.03. The summed E-state index contributed by atoms with van der Waals surface area (Å²) in [5.41, 5.74) is 7.84. The topological polar surface area (TPSA) is 67.6 Å². The first-order valence-corrected chi connectivity index (χ1v) is 5.63. The number of nitrogens with two attached hydrogens (primary N) is 1. The molecule has 0 radical (unpaired) electrons. The number of anilines is 1.